The molecule has 1 aliphatic heterocycles. The quantitative estimate of drug-likeness (QED) is 0.312. The molecule has 0 spiro atoms. The van der Waals surface area contributed by atoms with E-state index >= 15 is 0 Å². The van der Waals surface area contributed by atoms with E-state index in [0.717, 1.165) is 10.7 Å². The SMILES string of the molecule is COC(=O)C1=CC=CC[S+]1C.F[B-](F)(F)F. The van der Waals surface area contributed by atoms with Crippen molar-refractivity contribution in [3.05, 3.63) is 23.1 Å². The molecular weight excluding hydrogens is 247 g/mol. The summed E-state index contributed by atoms with van der Waals surface area (Å²) in [5, 5.41) is 0. The van der Waals surface area contributed by atoms with Gasteiger partial charge in [-0.2, -0.15) is 0 Å². The first kappa shape index (κ1) is 15.1. The standard InChI is InChI=1S/C8H11O2S.BF4/c1-10-8(9)7-5-3-4-6-11(7)2;2-1(3,4)5/h3-5H,6H2,1-2H3;/q+1;-1. The van der Waals surface area contributed by atoms with Crippen molar-refractivity contribution in [1.82, 2.24) is 0 Å². The molecule has 0 aromatic carbocycles. The smallest absolute Gasteiger partial charge is 0.462 e. The first-order chi connectivity index (χ1) is 7.25. The summed E-state index contributed by atoms with van der Waals surface area (Å²) in [6, 6.07) is 0. The Kier molecular flexibility index (Phi) is 6.24. The molecule has 0 N–H and O–H groups in total. The molecule has 1 rings (SSSR count). The summed E-state index contributed by atoms with van der Waals surface area (Å²) >= 11 is 0. The number of carbonyl (C=O) groups is 1. The number of esters is 1. The number of carbonyl (C=O) groups excluding carboxylic acids is 1. The van der Waals surface area contributed by atoms with Crippen LogP contribution in [0.1, 0.15) is 0 Å². The number of methoxy groups -OCH3 is 1. The summed E-state index contributed by atoms with van der Waals surface area (Å²) in [5.41, 5.74) is 0. The van der Waals surface area contributed by atoms with Crippen LogP contribution in [0.2, 0.25) is 0 Å². The van der Waals surface area contributed by atoms with Gasteiger partial charge in [0.1, 0.15) is 12.0 Å². The second-order valence-electron chi connectivity index (χ2n) is 2.75. The third-order valence-corrected chi connectivity index (χ3v) is 3.24. The molecule has 0 amide bonds. The van der Waals surface area contributed by atoms with Crippen LogP contribution in [0.15, 0.2) is 23.1 Å². The molecule has 0 aliphatic carbocycles. The summed E-state index contributed by atoms with van der Waals surface area (Å²) in [6.07, 6.45) is 7.85. The highest BCUT2D eigenvalue weighted by molar-refractivity contribution is 8.01. The van der Waals surface area contributed by atoms with Gasteiger partial charge in [-0.3, -0.25) is 0 Å². The van der Waals surface area contributed by atoms with Crippen LogP contribution in [0.5, 0.6) is 0 Å². The van der Waals surface area contributed by atoms with E-state index in [1.165, 1.54) is 7.11 Å². The van der Waals surface area contributed by atoms with Crippen molar-refractivity contribution in [3.63, 3.8) is 0 Å². The van der Waals surface area contributed by atoms with Crippen molar-refractivity contribution in [2.24, 2.45) is 0 Å². The number of hydrogen-bond donors (Lipinski definition) is 0. The summed E-state index contributed by atoms with van der Waals surface area (Å²) < 4.78 is 43.6. The Morgan fingerprint density at radius 3 is 2.31 bits per heavy atom. The lowest BCUT2D eigenvalue weighted by atomic mass is 10.3. The van der Waals surface area contributed by atoms with Gasteiger partial charge < -0.3 is 22.0 Å². The van der Waals surface area contributed by atoms with Crippen molar-refractivity contribution in [3.8, 4) is 0 Å². The van der Waals surface area contributed by atoms with E-state index in [4.69, 9.17) is 0 Å². The highest BCUT2D eigenvalue weighted by Gasteiger charge is 2.27. The number of hydrogen-bond acceptors (Lipinski definition) is 2. The van der Waals surface area contributed by atoms with Crippen LogP contribution < -0.4 is 0 Å². The number of halogens is 4. The zero-order valence-electron chi connectivity index (χ0n) is 8.75. The molecule has 1 unspecified atom stereocenters. The maximum atomic E-state index is 11.1. The first-order valence-corrected chi connectivity index (χ1v) is 6.01. The van der Waals surface area contributed by atoms with E-state index < -0.39 is 7.25 Å². The van der Waals surface area contributed by atoms with Gasteiger partial charge in [0.2, 0.25) is 4.91 Å². The van der Waals surface area contributed by atoms with Gasteiger partial charge in [0.05, 0.1) is 7.11 Å². The van der Waals surface area contributed by atoms with E-state index in [9.17, 15) is 22.1 Å². The van der Waals surface area contributed by atoms with Crippen molar-refractivity contribution < 1.29 is 26.8 Å². The lowest BCUT2D eigenvalue weighted by Gasteiger charge is -2.05. The molecule has 1 aliphatic rings. The molecule has 0 bridgehead atoms. The third kappa shape index (κ3) is 7.39. The minimum Gasteiger partial charge on any atom is -0.462 e. The Hall–Kier alpha value is -0.915. The van der Waals surface area contributed by atoms with Gasteiger partial charge in [-0.1, -0.05) is 6.08 Å². The number of ether oxygens (including phenoxy) is 1. The van der Waals surface area contributed by atoms with E-state index in [-0.39, 0.29) is 16.9 Å². The average molecular weight is 258 g/mol. The van der Waals surface area contributed by atoms with E-state index in [0.29, 0.717) is 0 Å². The molecular formula is C8H11BF4O2S. The van der Waals surface area contributed by atoms with Crippen LogP contribution in [-0.2, 0) is 20.4 Å². The fourth-order valence-corrected chi connectivity index (χ4v) is 2.13. The van der Waals surface area contributed by atoms with Crippen LogP contribution in [0.4, 0.5) is 17.3 Å². The lowest BCUT2D eigenvalue weighted by molar-refractivity contribution is -0.135. The van der Waals surface area contributed by atoms with E-state index in [1.807, 2.05) is 18.4 Å². The Morgan fingerprint density at radius 2 is 1.94 bits per heavy atom. The maximum Gasteiger partial charge on any atom is 0.673 e. The molecule has 0 radical (unpaired) electrons. The van der Waals surface area contributed by atoms with Gasteiger partial charge in [0.25, 0.3) is 0 Å². The molecule has 1 heterocycles. The number of rotatable bonds is 1. The molecule has 0 aromatic rings. The van der Waals surface area contributed by atoms with E-state index in [1.54, 1.807) is 0 Å². The minimum absolute atomic E-state index is 0.0418. The van der Waals surface area contributed by atoms with Crippen LogP contribution in [-0.4, -0.2) is 32.3 Å². The Morgan fingerprint density at radius 1 is 1.44 bits per heavy atom. The van der Waals surface area contributed by atoms with E-state index in [2.05, 4.69) is 10.8 Å². The van der Waals surface area contributed by atoms with Crippen LogP contribution in [0.25, 0.3) is 0 Å². The zero-order valence-corrected chi connectivity index (χ0v) is 9.57. The predicted molar refractivity (Wildman–Crippen MR) is 57.6 cm³/mol. The second kappa shape index (κ2) is 6.62. The number of allylic oxidation sites excluding steroid dienone is 2. The normalized spacial score (nSPS) is 19.4. The lowest BCUT2D eigenvalue weighted by Crippen LogP contribution is -2.17. The van der Waals surface area contributed by atoms with Crippen molar-refractivity contribution in [1.29, 1.82) is 0 Å². The molecule has 8 heteroatoms. The Balaban J connectivity index is 0.000000385. The fraction of sp³-hybridized carbons (Fsp3) is 0.375. The predicted octanol–water partition coefficient (Wildman–Crippen LogP) is 2.16. The zero-order chi connectivity index (χ0) is 12.8. The maximum absolute atomic E-state index is 11.1. The van der Waals surface area contributed by atoms with Crippen molar-refractivity contribution >= 4 is 24.1 Å². The van der Waals surface area contributed by atoms with Gasteiger partial charge in [-0.05, 0) is 6.08 Å². The monoisotopic (exact) mass is 258 g/mol. The van der Waals surface area contributed by atoms with Crippen LogP contribution >= 0.6 is 0 Å². The van der Waals surface area contributed by atoms with Gasteiger partial charge in [0, 0.05) is 17.0 Å². The topological polar surface area (TPSA) is 26.3 Å². The van der Waals surface area contributed by atoms with Gasteiger partial charge in [-0.15, -0.1) is 0 Å². The first-order valence-electron chi connectivity index (χ1n) is 4.20. The van der Waals surface area contributed by atoms with Crippen molar-refractivity contribution in [2.45, 2.75) is 0 Å². The molecule has 92 valence electrons. The van der Waals surface area contributed by atoms with Gasteiger partial charge in [-0.25, -0.2) is 4.79 Å². The molecule has 2 nitrogen and oxygen atoms in total. The summed E-state index contributed by atoms with van der Waals surface area (Å²) in [7, 11) is -4.54. The minimum atomic E-state index is -6.00. The Labute approximate surface area is 93.8 Å². The van der Waals surface area contributed by atoms with Crippen LogP contribution in [0, 0.1) is 0 Å². The Bertz CT molecular complexity index is 295. The molecule has 0 aromatic heterocycles. The van der Waals surface area contributed by atoms with Crippen molar-refractivity contribution in [2.75, 3.05) is 19.1 Å². The summed E-state index contributed by atoms with van der Waals surface area (Å²) in [5.74, 6) is 0.765. The highest BCUT2D eigenvalue weighted by Crippen LogP contribution is 2.14. The molecule has 1 atom stereocenters. The molecule has 0 saturated heterocycles. The summed E-state index contributed by atoms with van der Waals surface area (Å²) in [6.45, 7) is 0. The third-order valence-electron chi connectivity index (χ3n) is 1.49. The van der Waals surface area contributed by atoms with Crippen LogP contribution in [0.3, 0.4) is 0 Å². The average Bonchev–Trinajstić information content (AvgIpc) is 2.15. The van der Waals surface area contributed by atoms with Gasteiger partial charge in [0.15, 0.2) is 0 Å². The molecule has 0 saturated carbocycles. The van der Waals surface area contributed by atoms with Gasteiger partial charge >= 0.3 is 13.2 Å². The highest BCUT2D eigenvalue weighted by atomic mass is 32.2. The second-order valence-corrected chi connectivity index (χ2v) is 4.80. The summed E-state index contributed by atoms with van der Waals surface area (Å²) in [4.78, 5) is 11.9. The fourth-order valence-electron chi connectivity index (χ4n) is 0.872. The molecule has 0 fully saturated rings. The molecule has 16 heavy (non-hydrogen) atoms. The largest absolute Gasteiger partial charge is 0.673 e.